The highest BCUT2D eigenvalue weighted by molar-refractivity contribution is 5.92. The smallest absolute Gasteiger partial charge is 0.276 e. The summed E-state index contributed by atoms with van der Waals surface area (Å²) in [7, 11) is 0. The normalized spacial score (nSPS) is 25.4. The Morgan fingerprint density at radius 3 is 2.91 bits per heavy atom. The number of furan rings is 1. The Kier molecular flexibility index (Phi) is 3.28. The summed E-state index contributed by atoms with van der Waals surface area (Å²) in [5, 5.41) is 3.99. The largest absolute Gasteiger partial charge is 0.467 e. The summed E-state index contributed by atoms with van der Waals surface area (Å²) in [5.74, 6) is 2.70. The van der Waals surface area contributed by atoms with Crippen LogP contribution < -0.4 is 0 Å². The molecule has 5 heteroatoms. The van der Waals surface area contributed by atoms with Crippen molar-refractivity contribution in [1.29, 1.82) is 0 Å². The second kappa shape index (κ2) is 5.30. The minimum atomic E-state index is -0.0519. The van der Waals surface area contributed by atoms with Crippen LogP contribution in [0.5, 0.6) is 0 Å². The average Bonchev–Trinajstić information content (AvgIpc) is 3.05. The van der Waals surface area contributed by atoms with Gasteiger partial charge in [-0.1, -0.05) is 12.1 Å². The Morgan fingerprint density at radius 2 is 2.18 bits per heavy atom. The van der Waals surface area contributed by atoms with Crippen LogP contribution in [0.3, 0.4) is 0 Å². The van der Waals surface area contributed by atoms with E-state index in [0.29, 0.717) is 17.5 Å². The fourth-order valence-electron chi connectivity index (χ4n) is 3.23. The third kappa shape index (κ3) is 2.45. The van der Waals surface area contributed by atoms with E-state index < -0.39 is 0 Å². The summed E-state index contributed by atoms with van der Waals surface area (Å²) in [5.41, 5.74) is 0.424. The quantitative estimate of drug-likeness (QED) is 0.866. The van der Waals surface area contributed by atoms with Crippen molar-refractivity contribution in [1.82, 2.24) is 10.1 Å². The number of carbonyl (C=O) groups excluding carboxylic acids is 1. The number of piperidine rings is 1. The number of amides is 1. The van der Waals surface area contributed by atoms with Gasteiger partial charge in [0.05, 0.1) is 12.3 Å². The van der Waals surface area contributed by atoms with Gasteiger partial charge in [-0.05, 0) is 43.7 Å². The molecule has 0 aromatic carbocycles. The lowest BCUT2D eigenvalue weighted by molar-refractivity contribution is 0.0510. The number of hydrogen-bond donors (Lipinski definition) is 0. The van der Waals surface area contributed by atoms with Crippen molar-refractivity contribution < 1.29 is 13.7 Å². The molecule has 3 heterocycles. The first-order valence-corrected chi connectivity index (χ1v) is 8.03. The minimum Gasteiger partial charge on any atom is -0.467 e. The molecule has 0 unspecified atom stereocenters. The Morgan fingerprint density at radius 1 is 1.32 bits per heavy atom. The van der Waals surface area contributed by atoms with Crippen LogP contribution in [0.15, 0.2) is 33.4 Å². The zero-order valence-electron chi connectivity index (χ0n) is 12.7. The molecule has 2 aromatic rings. The molecule has 5 nitrogen and oxygen atoms in total. The van der Waals surface area contributed by atoms with Gasteiger partial charge in [0.25, 0.3) is 5.91 Å². The van der Waals surface area contributed by atoms with Crippen LogP contribution >= 0.6 is 0 Å². The average molecular weight is 300 g/mol. The molecule has 1 saturated heterocycles. The second-order valence-corrected chi connectivity index (χ2v) is 6.55. The maximum atomic E-state index is 12.8. The fourth-order valence-corrected chi connectivity index (χ4v) is 3.23. The maximum absolute atomic E-state index is 12.8. The lowest BCUT2D eigenvalue weighted by atomic mass is 9.91. The summed E-state index contributed by atoms with van der Waals surface area (Å²) in [6.45, 7) is 2.95. The summed E-state index contributed by atoms with van der Waals surface area (Å²) in [4.78, 5) is 14.7. The SMILES string of the molecule is C[C@H]1CCN(C(=O)c2cc(C3CC3)on2)[C@@H](c2ccco2)C1. The van der Waals surface area contributed by atoms with Crippen molar-refractivity contribution in [2.75, 3.05) is 6.54 Å². The number of aromatic nitrogens is 1. The van der Waals surface area contributed by atoms with E-state index in [1.807, 2.05) is 23.1 Å². The lowest BCUT2D eigenvalue weighted by Crippen LogP contribution is -2.40. The van der Waals surface area contributed by atoms with Crippen LogP contribution in [-0.4, -0.2) is 22.5 Å². The second-order valence-electron chi connectivity index (χ2n) is 6.55. The minimum absolute atomic E-state index is 0.00711. The van der Waals surface area contributed by atoms with Gasteiger partial charge < -0.3 is 13.8 Å². The molecule has 4 rings (SSSR count). The highest BCUT2D eigenvalue weighted by atomic mass is 16.5. The van der Waals surface area contributed by atoms with Crippen molar-refractivity contribution in [2.45, 2.75) is 44.6 Å². The van der Waals surface area contributed by atoms with Crippen molar-refractivity contribution >= 4 is 5.91 Å². The molecule has 2 aliphatic rings. The topological polar surface area (TPSA) is 59.5 Å². The van der Waals surface area contributed by atoms with Crippen molar-refractivity contribution in [3.05, 3.63) is 41.7 Å². The van der Waals surface area contributed by atoms with Crippen molar-refractivity contribution in [2.24, 2.45) is 5.92 Å². The Balaban J connectivity index is 1.58. The molecular weight excluding hydrogens is 280 g/mol. The Labute approximate surface area is 129 Å². The number of nitrogens with zero attached hydrogens (tertiary/aromatic N) is 2. The predicted molar refractivity (Wildman–Crippen MR) is 79.4 cm³/mol. The molecular formula is C17H20N2O3. The highest BCUT2D eigenvalue weighted by Gasteiger charge is 2.35. The van der Waals surface area contributed by atoms with Gasteiger partial charge in [-0.15, -0.1) is 0 Å². The first-order valence-electron chi connectivity index (χ1n) is 8.03. The summed E-state index contributed by atoms with van der Waals surface area (Å²) in [6, 6.07) is 5.63. The zero-order chi connectivity index (χ0) is 15.1. The summed E-state index contributed by atoms with van der Waals surface area (Å²) in [6.07, 6.45) is 5.87. The van der Waals surface area contributed by atoms with Crippen LogP contribution in [0.4, 0.5) is 0 Å². The number of carbonyl (C=O) groups is 1. The van der Waals surface area contributed by atoms with E-state index in [1.165, 1.54) is 0 Å². The zero-order valence-corrected chi connectivity index (χ0v) is 12.7. The standard InChI is InChI=1S/C17H20N2O3/c1-11-6-7-19(14(9-11)15-3-2-8-21-15)17(20)13-10-16(22-18-13)12-4-5-12/h2-3,8,10-12,14H,4-7,9H2,1H3/t11-,14+/m0/s1. The maximum Gasteiger partial charge on any atom is 0.276 e. The number of likely N-dealkylation sites (tertiary alicyclic amines) is 1. The van der Waals surface area contributed by atoms with E-state index in [-0.39, 0.29) is 11.9 Å². The van der Waals surface area contributed by atoms with E-state index >= 15 is 0 Å². The van der Waals surface area contributed by atoms with Gasteiger partial charge in [-0.25, -0.2) is 0 Å². The number of rotatable bonds is 3. The van der Waals surface area contributed by atoms with Gasteiger partial charge >= 0.3 is 0 Å². The van der Waals surface area contributed by atoms with Crippen LogP contribution in [0.25, 0.3) is 0 Å². The third-order valence-corrected chi connectivity index (χ3v) is 4.72. The first kappa shape index (κ1) is 13.6. The van der Waals surface area contributed by atoms with Crippen LogP contribution in [0, 0.1) is 5.92 Å². The van der Waals surface area contributed by atoms with Gasteiger partial charge in [0.2, 0.25) is 0 Å². The lowest BCUT2D eigenvalue weighted by Gasteiger charge is -2.36. The van der Waals surface area contributed by atoms with Crippen molar-refractivity contribution in [3.8, 4) is 0 Å². The predicted octanol–water partition coefficient (Wildman–Crippen LogP) is 3.76. The molecule has 1 aliphatic carbocycles. The van der Waals surface area contributed by atoms with E-state index in [1.54, 1.807) is 6.26 Å². The van der Waals surface area contributed by atoms with E-state index in [9.17, 15) is 4.79 Å². The molecule has 1 saturated carbocycles. The molecule has 2 fully saturated rings. The van der Waals surface area contributed by atoms with Crippen molar-refractivity contribution in [3.63, 3.8) is 0 Å². The van der Waals surface area contributed by atoms with Gasteiger partial charge in [-0.2, -0.15) is 0 Å². The van der Waals surface area contributed by atoms with Crippen LogP contribution in [0.2, 0.25) is 0 Å². The fraction of sp³-hybridized carbons (Fsp3) is 0.529. The van der Waals surface area contributed by atoms with E-state index in [4.69, 9.17) is 8.94 Å². The van der Waals surface area contributed by atoms with Crippen LogP contribution in [0.1, 0.15) is 66.6 Å². The molecule has 2 aromatic heterocycles. The molecule has 0 radical (unpaired) electrons. The third-order valence-electron chi connectivity index (χ3n) is 4.72. The van der Waals surface area contributed by atoms with Gasteiger partial charge in [0, 0.05) is 18.5 Å². The molecule has 0 bridgehead atoms. The number of hydrogen-bond acceptors (Lipinski definition) is 4. The Hall–Kier alpha value is -2.04. The molecule has 2 atom stereocenters. The molecule has 1 aliphatic heterocycles. The first-order chi connectivity index (χ1) is 10.7. The van der Waals surface area contributed by atoms with E-state index in [2.05, 4.69) is 12.1 Å². The van der Waals surface area contributed by atoms with E-state index in [0.717, 1.165) is 43.7 Å². The van der Waals surface area contributed by atoms with Gasteiger partial charge in [-0.3, -0.25) is 4.79 Å². The summed E-state index contributed by atoms with van der Waals surface area (Å²) >= 11 is 0. The van der Waals surface area contributed by atoms with Gasteiger partial charge in [0.15, 0.2) is 5.69 Å². The molecule has 0 spiro atoms. The molecule has 1 amide bonds. The van der Waals surface area contributed by atoms with Gasteiger partial charge in [0.1, 0.15) is 11.5 Å². The Bertz CT molecular complexity index is 657. The van der Waals surface area contributed by atoms with Crippen LogP contribution in [-0.2, 0) is 0 Å². The summed E-state index contributed by atoms with van der Waals surface area (Å²) < 4.78 is 10.9. The highest BCUT2D eigenvalue weighted by Crippen LogP contribution is 2.41. The molecule has 0 N–H and O–H groups in total. The monoisotopic (exact) mass is 300 g/mol. The molecule has 116 valence electrons. The molecule has 22 heavy (non-hydrogen) atoms.